The summed E-state index contributed by atoms with van der Waals surface area (Å²) in [5, 5.41) is 3.17. The van der Waals surface area contributed by atoms with Crippen LogP contribution in [0.3, 0.4) is 0 Å². The molecule has 1 atom stereocenters. The van der Waals surface area contributed by atoms with E-state index in [0.717, 1.165) is 11.3 Å². The molecule has 0 saturated carbocycles. The first-order valence-corrected chi connectivity index (χ1v) is 9.97. The maximum Gasteiger partial charge on any atom is 0.340 e. The molecule has 0 unspecified atom stereocenters. The molecule has 0 aliphatic carbocycles. The van der Waals surface area contributed by atoms with Crippen molar-refractivity contribution in [1.82, 2.24) is 0 Å². The van der Waals surface area contributed by atoms with E-state index in [4.69, 9.17) is 9.15 Å². The van der Waals surface area contributed by atoms with Crippen molar-refractivity contribution in [2.75, 3.05) is 5.32 Å². The van der Waals surface area contributed by atoms with Gasteiger partial charge in [-0.15, -0.1) is 0 Å². The van der Waals surface area contributed by atoms with Crippen LogP contribution in [0, 0.1) is 0 Å². The first-order valence-electron chi connectivity index (χ1n) is 9.97. The summed E-state index contributed by atoms with van der Waals surface area (Å²) < 4.78 is 10.8. The molecule has 0 saturated heterocycles. The van der Waals surface area contributed by atoms with Crippen LogP contribution in [0.5, 0.6) is 0 Å². The Labute approximate surface area is 177 Å². The lowest BCUT2D eigenvalue weighted by Gasteiger charge is -2.19. The van der Waals surface area contributed by atoms with Gasteiger partial charge in [0.2, 0.25) is 5.78 Å². The summed E-state index contributed by atoms with van der Waals surface area (Å²) in [7, 11) is 0. The monoisotopic (exact) mass is 405 g/mol. The number of hydrogen-bond acceptors (Lipinski definition) is 5. The van der Waals surface area contributed by atoms with Crippen molar-refractivity contribution < 1.29 is 18.7 Å². The average Bonchev–Trinajstić information content (AvgIpc) is 3.25. The third-order valence-electron chi connectivity index (χ3n) is 4.87. The Morgan fingerprint density at radius 2 is 1.70 bits per heavy atom. The molecule has 5 nitrogen and oxygen atoms in total. The van der Waals surface area contributed by atoms with Crippen molar-refractivity contribution >= 4 is 17.4 Å². The van der Waals surface area contributed by atoms with Crippen molar-refractivity contribution in [3.05, 3.63) is 89.4 Å². The van der Waals surface area contributed by atoms with Crippen molar-refractivity contribution in [2.45, 2.75) is 45.8 Å². The third-order valence-corrected chi connectivity index (χ3v) is 4.87. The van der Waals surface area contributed by atoms with Gasteiger partial charge in [0.15, 0.2) is 6.10 Å². The van der Waals surface area contributed by atoms with Gasteiger partial charge in [-0.1, -0.05) is 57.2 Å². The summed E-state index contributed by atoms with van der Waals surface area (Å²) in [6, 6.07) is 18.1. The Kier molecular flexibility index (Phi) is 6.40. The number of esters is 1. The number of anilines is 1. The van der Waals surface area contributed by atoms with E-state index in [-0.39, 0.29) is 11.2 Å². The average molecular weight is 405 g/mol. The van der Waals surface area contributed by atoms with Crippen LogP contribution >= 0.6 is 0 Å². The zero-order chi connectivity index (χ0) is 21.7. The minimum Gasteiger partial charge on any atom is -0.467 e. The molecule has 1 aromatic heterocycles. The molecule has 30 heavy (non-hydrogen) atoms. The third kappa shape index (κ3) is 5.17. The summed E-state index contributed by atoms with van der Waals surface area (Å²) in [4.78, 5) is 25.5. The molecule has 0 aliphatic heterocycles. The van der Waals surface area contributed by atoms with Crippen LogP contribution < -0.4 is 5.32 Å². The Bertz CT molecular complexity index is 998. The van der Waals surface area contributed by atoms with E-state index >= 15 is 0 Å². The predicted octanol–water partition coefficient (Wildman–Crippen LogP) is 5.62. The largest absolute Gasteiger partial charge is 0.467 e. The first-order chi connectivity index (χ1) is 14.3. The molecule has 2 aromatic carbocycles. The maximum absolute atomic E-state index is 12.7. The van der Waals surface area contributed by atoms with E-state index in [0.29, 0.717) is 23.4 Å². The highest BCUT2D eigenvalue weighted by atomic mass is 16.5. The molecule has 3 aromatic rings. The lowest BCUT2D eigenvalue weighted by atomic mass is 9.86. The number of nitrogens with one attached hydrogen (secondary N) is 1. The van der Waals surface area contributed by atoms with Crippen LogP contribution in [0.4, 0.5) is 5.69 Å². The number of rotatable bonds is 7. The van der Waals surface area contributed by atoms with E-state index in [1.807, 2.05) is 24.3 Å². The highest BCUT2D eigenvalue weighted by Gasteiger charge is 2.22. The van der Waals surface area contributed by atoms with Crippen LogP contribution in [0.2, 0.25) is 0 Å². The van der Waals surface area contributed by atoms with Gasteiger partial charge in [-0.2, -0.15) is 0 Å². The molecule has 0 spiro atoms. The van der Waals surface area contributed by atoms with Crippen molar-refractivity contribution in [1.29, 1.82) is 0 Å². The van der Waals surface area contributed by atoms with Crippen molar-refractivity contribution in [3.8, 4) is 0 Å². The van der Waals surface area contributed by atoms with Crippen LogP contribution in [0.25, 0.3) is 0 Å². The highest BCUT2D eigenvalue weighted by molar-refractivity contribution is 6.02. The fourth-order valence-corrected chi connectivity index (χ4v) is 3.06. The van der Waals surface area contributed by atoms with E-state index in [1.54, 1.807) is 49.6 Å². The van der Waals surface area contributed by atoms with Crippen LogP contribution in [-0.2, 0) is 16.7 Å². The maximum atomic E-state index is 12.7. The zero-order valence-corrected chi connectivity index (χ0v) is 17.8. The summed E-state index contributed by atoms with van der Waals surface area (Å²) >= 11 is 0. The number of carbonyl (C=O) groups excluding carboxylic acids is 2. The number of benzene rings is 2. The topological polar surface area (TPSA) is 68.5 Å². The van der Waals surface area contributed by atoms with Gasteiger partial charge in [0.25, 0.3) is 0 Å². The van der Waals surface area contributed by atoms with Crippen molar-refractivity contribution in [2.24, 2.45) is 0 Å². The Hall–Kier alpha value is -3.34. The van der Waals surface area contributed by atoms with Crippen LogP contribution in [0.15, 0.2) is 71.3 Å². The summed E-state index contributed by atoms with van der Waals surface area (Å²) in [6.07, 6.45) is 0.703. The van der Waals surface area contributed by atoms with E-state index in [9.17, 15) is 9.59 Å². The molecule has 1 N–H and O–H groups in total. The summed E-state index contributed by atoms with van der Waals surface area (Å²) in [5.41, 5.74) is 2.65. The number of ketones is 1. The molecule has 0 aliphatic rings. The Morgan fingerprint density at radius 3 is 2.33 bits per heavy atom. The Balaban J connectivity index is 1.67. The fourth-order valence-electron chi connectivity index (χ4n) is 3.06. The number of hydrogen-bond donors (Lipinski definition) is 1. The molecule has 0 fully saturated rings. The molecule has 156 valence electrons. The normalized spacial score (nSPS) is 12.3. The van der Waals surface area contributed by atoms with Crippen LogP contribution in [0.1, 0.15) is 59.7 Å². The van der Waals surface area contributed by atoms with Gasteiger partial charge >= 0.3 is 5.97 Å². The van der Waals surface area contributed by atoms with Gasteiger partial charge in [0.1, 0.15) is 5.76 Å². The van der Waals surface area contributed by atoms with Gasteiger partial charge in [-0.3, -0.25) is 4.79 Å². The first kappa shape index (κ1) is 21.4. The predicted molar refractivity (Wildman–Crippen MR) is 117 cm³/mol. The number of para-hydroxylation sites is 1. The molecule has 0 bridgehead atoms. The summed E-state index contributed by atoms with van der Waals surface area (Å²) in [5.74, 6) is -0.0324. The number of ether oxygens (including phenoxy) is 1. The number of Topliss-reactive ketones (excluding diaryl/α,β-unsaturated/α-hetero) is 1. The minimum absolute atomic E-state index is 0.00597. The van der Waals surface area contributed by atoms with Gasteiger partial charge in [-0.05, 0) is 42.2 Å². The molecule has 5 heteroatoms. The second kappa shape index (κ2) is 8.99. The van der Waals surface area contributed by atoms with Crippen molar-refractivity contribution in [3.63, 3.8) is 0 Å². The second-order valence-electron chi connectivity index (χ2n) is 8.22. The van der Waals surface area contributed by atoms with Crippen LogP contribution in [-0.4, -0.2) is 17.9 Å². The lowest BCUT2D eigenvalue weighted by molar-refractivity contribution is 0.0319. The van der Waals surface area contributed by atoms with E-state index < -0.39 is 12.1 Å². The molecule has 3 rings (SSSR count). The molecular formula is C25H27NO4. The standard InChI is InChI=1S/C25H27NO4/c1-17(23(27)18-11-13-19(14-12-18)25(2,3)4)30-24(28)21-9-5-6-10-22(21)26-16-20-8-7-15-29-20/h5-15,17,26H,16H2,1-4H3/t17-/m0/s1. The van der Waals surface area contributed by atoms with E-state index in [2.05, 4.69) is 26.1 Å². The van der Waals surface area contributed by atoms with E-state index in [1.165, 1.54) is 0 Å². The fraction of sp³-hybridized carbons (Fsp3) is 0.280. The Morgan fingerprint density at radius 1 is 1.00 bits per heavy atom. The quantitative estimate of drug-likeness (QED) is 0.408. The molecular weight excluding hydrogens is 378 g/mol. The highest BCUT2D eigenvalue weighted by Crippen LogP contribution is 2.23. The zero-order valence-electron chi connectivity index (χ0n) is 17.8. The molecule has 0 amide bonds. The van der Waals surface area contributed by atoms with Gasteiger partial charge < -0.3 is 14.5 Å². The van der Waals surface area contributed by atoms with Gasteiger partial charge in [0, 0.05) is 11.3 Å². The minimum atomic E-state index is -0.892. The number of carbonyl (C=O) groups is 2. The molecule has 1 heterocycles. The second-order valence-corrected chi connectivity index (χ2v) is 8.22. The SMILES string of the molecule is C[C@H](OC(=O)c1ccccc1NCc1ccco1)C(=O)c1ccc(C(C)(C)C)cc1. The molecule has 0 radical (unpaired) electrons. The summed E-state index contributed by atoms with van der Waals surface area (Å²) in [6.45, 7) is 8.38. The van der Waals surface area contributed by atoms with Gasteiger partial charge in [-0.25, -0.2) is 4.79 Å². The van der Waals surface area contributed by atoms with Gasteiger partial charge in [0.05, 0.1) is 18.4 Å². The number of furan rings is 1. The smallest absolute Gasteiger partial charge is 0.340 e. The lowest BCUT2D eigenvalue weighted by Crippen LogP contribution is -2.25.